The SMILES string of the molecule is CC(C)c1ccc(Cc2cc3c(cc2Cl)CO[C@]32O[C@H](C)[C@@H](O)[C@H](O)[C@H]2O)cc1. The van der Waals surface area contributed by atoms with Crippen molar-refractivity contribution in [2.45, 2.75) is 69.9 Å². The molecule has 1 spiro atoms. The average Bonchev–Trinajstić information content (AvgIpc) is 3.03. The first-order valence-electron chi connectivity index (χ1n) is 9.99. The van der Waals surface area contributed by atoms with Crippen molar-refractivity contribution in [3.63, 3.8) is 0 Å². The second-order valence-electron chi connectivity index (χ2n) is 8.38. The Bertz CT molecular complexity index is 897. The summed E-state index contributed by atoms with van der Waals surface area (Å²) in [6.45, 7) is 6.18. The van der Waals surface area contributed by atoms with E-state index in [2.05, 4.69) is 38.1 Å². The number of fused-ring (bicyclic) bond motifs is 2. The van der Waals surface area contributed by atoms with E-state index in [9.17, 15) is 15.3 Å². The zero-order chi connectivity index (χ0) is 20.9. The molecule has 0 aromatic heterocycles. The zero-order valence-electron chi connectivity index (χ0n) is 16.8. The molecule has 0 saturated carbocycles. The fourth-order valence-corrected chi connectivity index (χ4v) is 4.44. The molecule has 2 aromatic rings. The van der Waals surface area contributed by atoms with E-state index < -0.39 is 30.2 Å². The van der Waals surface area contributed by atoms with E-state index in [0.717, 1.165) is 16.7 Å². The van der Waals surface area contributed by atoms with Gasteiger partial charge in [0.1, 0.15) is 18.3 Å². The van der Waals surface area contributed by atoms with Crippen LogP contribution in [0.1, 0.15) is 54.5 Å². The first-order chi connectivity index (χ1) is 13.7. The Morgan fingerprint density at radius 1 is 1.10 bits per heavy atom. The van der Waals surface area contributed by atoms with Crippen molar-refractivity contribution >= 4 is 11.6 Å². The number of hydrogen-bond donors (Lipinski definition) is 3. The van der Waals surface area contributed by atoms with Crippen LogP contribution in [0.4, 0.5) is 0 Å². The largest absolute Gasteiger partial charge is 0.388 e. The van der Waals surface area contributed by atoms with Gasteiger partial charge in [0, 0.05) is 10.6 Å². The van der Waals surface area contributed by atoms with Gasteiger partial charge in [0.25, 0.3) is 0 Å². The summed E-state index contributed by atoms with van der Waals surface area (Å²) in [5, 5.41) is 31.7. The van der Waals surface area contributed by atoms with Crippen LogP contribution in [0.15, 0.2) is 36.4 Å². The first kappa shape index (κ1) is 20.8. The quantitative estimate of drug-likeness (QED) is 0.713. The van der Waals surface area contributed by atoms with Gasteiger partial charge >= 0.3 is 0 Å². The van der Waals surface area contributed by atoms with E-state index in [-0.39, 0.29) is 6.61 Å². The fourth-order valence-electron chi connectivity index (χ4n) is 4.19. The molecule has 5 nitrogen and oxygen atoms in total. The first-order valence-corrected chi connectivity index (χ1v) is 10.4. The van der Waals surface area contributed by atoms with Crippen LogP contribution in [-0.2, 0) is 28.3 Å². The van der Waals surface area contributed by atoms with Gasteiger partial charge in [-0.15, -0.1) is 0 Å². The predicted octanol–water partition coefficient (Wildman–Crippen LogP) is 3.24. The van der Waals surface area contributed by atoms with Gasteiger partial charge in [0.15, 0.2) is 0 Å². The van der Waals surface area contributed by atoms with E-state index in [0.29, 0.717) is 22.9 Å². The van der Waals surface area contributed by atoms with E-state index in [4.69, 9.17) is 21.1 Å². The zero-order valence-corrected chi connectivity index (χ0v) is 17.6. The smallest absolute Gasteiger partial charge is 0.225 e. The molecule has 5 atom stereocenters. The van der Waals surface area contributed by atoms with E-state index in [1.54, 1.807) is 6.92 Å². The van der Waals surface area contributed by atoms with Gasteiger partial charge in [0.05, 0.1) is 12.7 Å². The minimum Gasteiger partial charge on any atom is -0.388 e. The molecule has 1 fully saturated rings. The number of aliphatic hydroxyl groups is 3. The molecule has 0 radical (unpaired) electrons. The van der Waals surface area contributed by atoms with Gasteiger partial charge in [-0.05, 0) is 53.6 Å². The molecule has 4 rings (SSSR count). The lowest BCUT2D eigenvalue weighted by Crippen LogP contribution is -2.62. The van der Waals surface area contributed by atoms with Crippen molar-refractivity contribution in [1.29, 1.82) is 0 Å². The van der Waals surface area contributed by atoms with Crippen LogP contribution in [0.5, 0.6) is 0 Å². The molecule has 1 saturated heterocycles. The summed E-state index contributed by atoms with van der Waals surface area (Å²) in [6, 6.07) is 12.2. The number of ether oxygens (including phenoxy) is 2. The Labute approximate surface area is 175 Å². The van der Waals surface area contributed by atoms with Gasteiger partial charge in [-0.2, -0.15) is 0 Å². The van der Waals surface area contributed by atoms with Gasteiger partial charge in [-0.1, -0.05) is 49.7 Å². The number of halogens is 1. The molecule has 2 aliphatic rings. The highest BCUT2D eigenvalue weighted by Gasteiger charge is 2.57. The summed E-state index contributed by atoms with van der Waals surface area (Å²) in [7, 11) is 0. The highest BCUT2D eigenvalue weighted by atomic mass is 35.5. The van der Waals surface area contributed by atoms with Crippen LogP contribution < -0.4 is 0 Å². The van der Waals surface area contributed by atoms with Crippen LogP contribution in [0, 0.1) is 0 Å². The molecule has 6 heteroatoms. The topological polar surface area (TPSA) is 79.2 Å². The van der Waals surface area contributed by atoms with Crippen LogP contribution in [0.25, 0.3) is 0 Å². The Morgan fingerprint density at radius 2 is 1.79 bits per heavy atom. The monoisotopic (exact) mass is 418 g/mol. The summed E-state index contributed by atoms with van der Waals surface area (Å²) < 4.78 is 11.8. The molecule has 0 aliphatic carbocycles. The Balaban J connectivity index is 1.69. The van der Waals surface area contributed by atoms with Crippen molar-refractivity contribution < 1.29 is 24.8 Å². The molecule has 2 aliphatic heterocycles. The second-order valence-corrected chi connectivity index (χ2v) is 8.79. The van der Waals surface area contributed by atoms with Gasteiger partial charge in [-0.25, -0.2) is 0 Å². The van der Waals surface area contributed by atoms with Crippen molar-refractivity contribution in [3.8, 4) is 0 Å². The predicted molar refractivity (Wildman–Crippen MR) is 110 cm³/mol. The lowest BCUT2D eigenvalue weighted by molar-refractivity contribution is -0.362. The average molecular weight is 419 g/mol. The minimum absolute atomic E-state index is 0.213. The molecular formula is C23H27ClO5. The number of hydrogen-bond acceptors (Lipinski definition) is 5. The van der Waals surface area contributed by atoms with Crippen LogP contribution in [0.3, 0.4) is 0 Å². The van der Waals surface area contributed by atoms with Crippen LogP contribution in [-0.4, -0.2) is 39.7 Å². The summed E-state index contributed by atoms with van der Waals surface area (Å²) >= 11 is 6.54. The van der Waals surface area contributed by atoms with Crippen molar-refractivity contribution in [1.82, 2.24) is 0 Å². The lowest BCUT2D eigenvalue weighted by atomic mass is 9.86. The van der Waals surface area contributed by atoms with Gasteiger partial charge in [0.2, 0.25) is 5.79 Å². The molecular weight excluding hydrogens is 392 g/mol. The number of aliphatic hydroxyl groups excluding tert-OH is 3. The molecule has 2 aromatic carbocycles. The maximum absolute atomic E-state index is 10.7. The molecule has 0 bridgehead atoms. The van der Waals surface area contributed by atoms with Gasteiger partial charge < -0.3 is 24.8 Å². The van der Waals surface area contributed by atoms with Crippen LogP contribution >= 0.6 is 11.6 Å². The summed E-state index contributed by atoms with van der Waals surface area (Å²) in [5.74, 6) is -1.04. The molecule has 29 heavy (non-hydrogen) atoms. The highest BCUT2D eigenvalue weighted by molar-refractivity contribution is 6.31. The maximum Gasteiger partial charge on any atom is 0.225 e. The van der Waals surface area contributed by atoms with Crippen LogP contribution in [0.2, 0.25) is 5.02 Å². The van der Waals surface area contributed by atoms with E-state index >= 15 is 0 Å². The van der Waals surface area contributed by atoms with E-state index in [1.807, 2.05) is 12.1 Å². The maximum atomic E-state index is 10.7. The van der Waals surface area contributed by atoms with Crippen molar-refractivity contribution in [2.24, 2.45) is 0 Å². The molecule has 2 heterocycles. The summed E-state index contributed by atoms with van der Waals surface area (Å²) in [6.07, 6.45) is -4.03. The minimum atomic E-state index is -1.51. The Kier molecular flexibility index (Phi) is 5.49. The molecule has 3 N–H and O–H groups in total. The third-order valence-electron chi connectivity index (χ3n) is 6.04. The Morgan fingerprint density at radius 3 is 2.45 bits per heavy atom. The Hall–Kier alpha value is -1.47. The second kappa shape index (κ2) is 7.65. The number of benzene rings is 2. The summed E-state index contributed by atoms with van der Waals surface area (Å²) in [4.78, 5) is 0. The van der Waals surface area contributed by atoms with Crippen molar-refractivity contribution in [3.05, 3.63) is 69.2 Å². The third-order valence-corrected chi connectivity index (χ3v) is 6.39. The molecule has 156 valence electrons. The van der Waals surface area contributed by atoms with Crippen molar-refractivity contribution in [2.75, 3.05) is 0 Å². The third kappa shape index (κ3) is 3.50. The highest BCUT2D eigenvalue weighted by Crippen LogP contribution is 2.47. The van der Waals surface area contributed by atoms with E-state index in [1.165, 1.54) is 5.56 Å². The standard InChI is InChI=1S/C23H27ClO5/c1-12(2)15-6-4-14(5-7-15)8-16-9-18-17(10-19(16)24)11-28-23(18)22(27)21(26)20(25)13(3)29-23/h4-7,9-10,12-13,20-22,25-27H,8,11H2,1-3H3/t13-,20-,21+,22-,23+/m1/s1. The molecule has 0 unspecified atom stereocenters. The lowest BCUT2D eigenvalue weighted by Gasteiger charge is -2.45. The van der Waals surface area contributed by atoms with Gasteiger partial charge in [-0.3, -0.25) is 0 Å². The fraction of sp³-hybridized carbons (Fsp3) is 0.478. The summed E-state index contributed by atoms with van der Waals surface area (Å²) in [5.41, 5.74) is 4.75. The normalized spacial score (nSPS) is 31.4. The molecule has 0 amide bonds. The number of rotatable bonds is 3.